The van der Waals surface area contributed by atoms with E-state index in [1.807, 2.05) is 0 Å². The number of amides is 2. The van der Waals surface area contributed by atoms with Gasteiger partial charge in [0.05, 0.1) is 11.5 Å². The highest BCUT2D eigenvalue weighted by atomic mass is 32.2. The molecule has 3 N–H and O–H groups in total. The molecule has 2 amide bonds. The van der Waals surface area contributed by atoms with Crippen LogP contribution in [0.15, 0.2) is 0 Å². The van der Waals surface area contributed by atoms with Gasteiger partial charge < -0.3 is 20.4 Å². The molecular weight excluding hydrogens is 272 g/mol. The van der Waals surface area contributed by atoms with Crippen molar-refractivity contribution < 1.29 is 24.6 Å². The van der Waals surface area contributed by atoms with Crippen LogP contribution in [-0.4, -0.2) is 70.1 Å². The van der Waals surface area contributed by atoms with Crippen LogP contribution in [0.4, 0.5) is 0 Å². The number of carbonyl (C=O) groups is 3. The molecule has 1 saturated heterocycles. The van der Waals surface area contributed by atoms with Gasteiger partial charge in [0.25, 0.3) is 5.91 Å². The molecule has 0 saturated carbocycles. The first-order valence-electron chi connectivity index (χ1n) is 6.04. The summed E-state index contributed by atoms with van der Waals surface area (Å²) in [7, 11) is 0. The monoisotopic (exact) mass is 290 g/mol. The first kappa shape index (κ1) is 15.8. The second-order valence-electron chi connectivity index (χ2n) is 4.22. The van der Waals surface area contributed by atoms with E-state index in [2.05, 4.69) is 5.32 Å². The summed E-state index contributed by atoms with van der Waals surface area (Å²) in [5.41, 5.74) is 0. The molecule has 1 fully saturated rings. The van der Waals surface area contributed by atoms with E-state index in [9.17, 15) is 19.5 Å². The number of likely N-dealkylation sites (tertiary alicyclic amines) is 1. The zero-order chi connectivity index (χ0) is 14.3. The molecule has 0 radical (unpaired) electrons. The minimum Gasteiger partial charge on any atom is -0.481 e. The van der Waals surface area contributed by atoms with Crippen LogP contribution in [0, 0.1) is 0 Å². The van der Waals surface area contributed by atoms with Gasteiger partial charge in [-0.05, 0) is 12.8 Å². The molecule has 8 heteroatoms. The fraction of sp³-hybridized carbons (Fsp3) is 0.727. The largest absolute Gasteiger partial charge is 0.481 e. The van der Waals surface area contributed by atoms with E-state index in [1.165, 1.54) is 4.90 Å². The molecule has 7 nitrogen and oxygen atoms in total. The number of aliphatic hydroxyl groups is 1. The van der Waals surface area contributed by atoms with Crippen LogP contribution < -0.4 is 5.32 Å². The molecule has 1 atom stereocenters. The molecule has 1 aliphatic heterocycles. The van der Waals surface area contributed by atoms with E-state index in [0.29, 0.717) is 26.1 Å². The molecule has 1 rings (SSSR count). The number of rotatable bonds is 7. The quantitative estimate of drug-likeness (QED) is 0.550. The summed E-state index contributed by atoms with van der Waals surface area (Å²) in [5, 5.41) is 20.4. The zero-order valence-corrected chi connectivity index (χ0v) is 11.3. The van der Waals surface area contributed by atoms with E-state index < -0.39 is 12.1 Å². The second-order valence-corrected chi connectivity index (χ2v) is 5.21. The van der Waals surface area contributed by atoms with Gasteiger partial charge in [0, 0.05) is 19.6 Å². The van der Waals surface area contributed by atoms with E-state index in [4.69, 9.17) is 5.11 Å². The Morgan fingerprint density at radius 3 is 2.84 bits per heavy atom. The Balaban J connectivity index is 2.14. The predicted molar refractivity (Wildman–Crippen MR) is 69.8 cm³/mol. The van der Waals surface area contributed by atoms with Crippen molar-refractivity contribution in [2.24, 2.45) is 0 Å². The molecule has 108 valence electrons. The minimum absolute atomic E-state index is 0.0862. The van der Waals surface area contributed by atoms with E-state index in [1.54, 1.807) is 0 Å². The molecule has 0 bridgehead atoms. The molecular formula is C11H18N2O5S. The van der Waals surface area contributed by atoms with Gasteiger partial charge in [-0.1, -0.05) is 0 Å². The smallest absolute Gasteiger partial charge is 0.313 e. The highest BCUT2D eigenvalue weighted by Gasteiger charge is 2.26. The lowest BCUT2D eigenvalue weighted by molar-refractivity contribution is -0.143. The van der Waals surface area contributed by atoms with Crippen molar-refractivity contribution >= 4 is 29.5 Å². The van der Waals surface area contributed by atoms with Crippen molar-refractivity contribution in [3.63, 3.8) is 0 Å². The van der Waals surface area contributed by atoms with E-state index >= 15 is 0 Å². The summed E-state index contributed by atoms with van der Waals surface area (Å²) >= 11 is 1.02. The van der Waals surface area contributed by atoms with Crippen molar-refractivity contribution in [2.75, 3.05) is 31.1 Å². The number of carboxylic acids is 1. The number of hydrogen-bond donors (Lipinski definition) is 3. The predicted octanol–water partition coefficient (Wildman–Crippen LogP) is -1.10. The summed E-state index contributed by atoms with van der Waals surface area (Å²) < 4.78 is 0. The third-order valence-corrected chi connectivity index (χ3v) is 3.58. The van der Waals surface area contributed by atoms with E-state index in [0.717, 1.165) is 18.2 Å². The minimum atomic E-state index is -0.953. The maximum Gasteiger partial charge on any atom is 0.313 e. The zero-order valence-electron chi connectivity index (χ0n) is 10.5. The van der Waals surface area contributed by atoms with Crippen LogP contribution in [-0.2, 0) is 14.4 Å². The molecule has 1 heterocycles. The number of aliphatic hydroxyl groups excluding tert-OH is 1. The van der Waals surface area contributed by atoms with Gasteiger partial charge in [0.1, 0.15) is 6.10 Å². The number of nitrogens with one attached hydrogen (secondary N) is 1. The van der Waals surface area contributed by atoms with Crippen molar-refractivity contribution in [3.05, 3.63) is 0 Å². The number of piperidine rings is 1. The number of hydrogen-bond acceptors (Lipinski definition) is 5. The van der Waals surface area contributed by atoms with Gasteiger partial charge in [0.15, 0.2) is 0 Å². The molecule has 0 aromatic rings. The van der Waals surface area contributed by atoms with E-state index in [-0.39, 0.29) is 23.3 Å². The van der Waals surface area contributed by atoms with Crippen LogP contribution in [0.3, 0.4) is 0 Å². The van der Waals surface area contributed by atoms with Crippen LogP contribution >= 0.6 is 11.8 Å². The molecule has 0 aliphatic carbocycles. The van der Waals surface area contributed by atoms with Crippen LogP contribution in [0.2, 0.25) is 0 Å². The third-order valence-electron chi connectivity index (χ3n) is 2.66. The molecule has 0 aromatic heterocycles. The summed E-state index contributed by atoms with van der Waals surface area (Å²) in [6, 6.07) is 0. The van der Waals surface area contributed by atoms with Crippen LogP contribution in [0.5, 0.6) is 0 Å². The topological polar surface area (TPSA) is 107 Å². The van der Waals surface area contributed by atoms with Crippen molar-refractivity contribution in [1.82, 2.24) is 10.2 Å². The SMILES string of the molecule is O=C(O)CSCC(=O)NCCN1CCC[C@@H](O)C1=O. The van der Waals surface area contributed by atoms with Crippen LogP contribution in [0.25, 0.3) is 0 Å². The Kier molecular flexibility index (Phi) is 6.65. The van der Waals surface area contributed by atoms with Gasteiger partial charge in [-0.3, -0.25) is 14.4 Å². The molecule has 1 aliphatic rings. The third kappa shape index (κ3) is 5.93. The molecule has 0 aromatic carbocycles. The number of carboxylic acid groups (broad SMARTS) is 1. The number of carbonyl (C=O) groups excluding carboxylic acids is 2. The van der Waals surface area contributed by atoms with Gasteiger partial charge in [-0.15, -0.1) is 11.8 Å². The lowest BCUT2D eigenvalue weighted by atomic mass is 10.1. The maximum atomic E-state index is 11.5. The molecule has 19 heavy (non-hydrogen) atoms. The Morgan fingerprint density at radius 2 is 2.16 bits per heavy atom. The Labute approximate surface area is 115 Å². The van der Waals surface area contributed by atoms with Gasteiger partial charge in [-0.2, -0.15) is 0 Å². The Morgan fingerprint density at radius 1 is 1.42 bits per heavy atom. The standard InChI is InChI=1S/C11H18N2O5S/c14-8-2-1-4-13(11(8)18)5-3-12-9(15)6-19-7-10(16)17/h8,14H,1-7H2,(H,12,15)(H,16,17)/t8-/m1/s1. The highest BCUT2D eigenvalue weighted by molar-refractivity contribution is 8.00. The average molecular weight is 290 g/mol. The fourth-order valence-corrected chi connectivity index (χ4v) is 2.32. The lowest BCUT2D eigenvalue weighted by Crippen LogP contribution is -2.47. The van der Waals surface area contributed by atoms with Crippen LogP contribution in [0.1, 0.15) is 12.8 Å². The number of thioether (sulfide) groups is 1. The highest BCUT2D eigenvalue weighted by Crippen LogP contribution is 2.10. The molecule has 0 unspecified atom stereocenters. The second kappa shape index (κ2) is 8.00. The summed E-state index contributed by atoms with van der Waals surface area (Å²) in [4.78, 5) is 34.7. The average Bonchev–Trinajstić information content (AvgIpc) is 2.34. The normalized spacial score (nSPS) is 19.3. The lowest BCUT2D eigenvalue weighted by Gasteiger charge is -2.29. The first-order valence-corrected chi connectivity index (χ1v) is 7.19. The Bertz CT molecular complexity index is 350. The van der Waals surface area contributed by atoms with Crippen molar-refractivity contribution in [2.45, 2.75) is 18.9 Å². The van der Waals surface area contributed by atoms with Crippen molar-refractivity contribution in [1.29, 1.82) is 0 Å². The Hall–Kier alpha value is -1.28. The summed E-state index contributed by atoms with van der Waals surface area (Å²) in [6.45, 7) is 1.27. The van der Waals surface area contributed by atoms with Gasteiger partial charge >= 0.3 is 5.97 Å². The van der Waals surface area contributed by atoms with Crippen molar-refractivity contribution in [3.8, 4) is 0 Å². The summed E-state index contributed by atoms with van der Waals surface area (Å²) in [6.07, 6.45) is 0.332. The first-order chi connectivity index (χ1) is 9.00. The van der Waals surface area contributed by atoms with Gasteiger partial charge in [-0.25, -0.2) is 0 Å². The fourth-order valence-electron chi connectivity index (χ4n) is 1.75. The molecule has 0 spiro atoms. The van der Waals surface area contributed by atoms with Gasteiger partial charge in [0.2, 0.25) is 5.91 Å². The maximum absolute atomic E-state index is 11.5. The number of aliphatic carboxylic acids is 1. The number of nitrogens with zero attached hydrogens (tertiary/aromatic N) is 1. The summed E-state index contributed by atoms with van der Waals surface area (Å²) in [5.74, 6) is -1.52.